The molecule has 1 saturated heterocycles. The maximum Gasteiger partial charge on any atom is 0.363 e. The zero-order valence-corrected chi connectivity index (χ0v) is 13.7. The maximum atomic E-state index is 11.4. The molecule has 0 unspecified atom stereocenters. The van der Waals surface area contributed by atoms with E-state index in [0.29, 0.717) is 0 Å². The van der Waals surface area contributed by atoms with E-state index in [1.54, 1.807) is 18.3 Å². The summed E-state index contributed by atoms with van der Waals surface area (Å²) in [5.41, 5.74) is 2.08. The molecule has 1 aliphatic heterocycles. The van der Waals surface area contributed by atoms with E-state index in [4.69, 9.17) is 0 Å². The van der Waals surface area contributed by atoms with E-state index in [9.17, 15) is 14.9 Å². The molecule has 0 aliphatic carbocycles. The van der Waals surface area contributed by atoms with E-state index < -0.39 is 10.9 Å². The SMILES string of the molecule is COC(=O)c1ccc(N2CCN(c3ccc([N+](=O)[O-])nc3)CC2)cn1. The molecule has 2 aromatic heterocycles. The second-order valence-corrected chi connectivity index (χ2v) is 5.50. The van der Waals surface area contributed by atoms with Gasteiger partial charge in [-0.15, -0.1) is 0 Å². The van der Waals surface area contributed by atoms with Crippen molar-refractivity contribution in [2.45, 2.75) is 0 Å². The highest BCUT2D eigenvalue weighted by molar-refractivity contribution is 5.87. The summed E-state index contributed by atoms with van der Waals surface area (Å²) < 4.78 is 4.64. The third-order valence-electron chi connectivity index (χ3n) is 4.07. The van der Waals surface area contributed by atoms with Crippen LogP contribution in [0.5, 0.6) is 0 Å². The van der Waals surface area contributed by atoms with Crippen molar-refractivity contribution in [2.24, 2.45) is 0 Å². The molecular formula is C16H17N5O4. The molecule has 0 bridgehead atoms. The number of esters is 1. The van der Waals surface area contributed by atoms with Crippen LogP contribution in [0.2, 0.25) is 0 Å². The number of rotatable bonds is 4. The second kappa shape index (κ2) is 7.12. The van der Waals surface area contributed by atoms with Crippen molar-refractivity contribution in [1.82, 2.24) is 9.97 Å². The first kappa shape index (κ1) is 16.6. The molecule has 9 heteroatoms. The van der Waals surface area contributed by atoms with Gasteiger partial charge in [0.25, 0.3) is 0 Å². The van der Waals surface area contributed by atoms with Crippen molar-refractivity contribution in [3.63, 3.8) is 0 Å². The molecule has 0 radical (unpaired) electrons. The average Bonchev–Trinajstić information content (AvgIpc) is 2.67. The fraction of sp³-hybridized carbons (Fsp3) is 0.312. The number of aromatic nitrogens is 2. The molecule has 1 fully saturated rings. The smallest absolute Gasteiger partial charge is 0.363 e. The van der Waals surface area contributed by atoms with Crippen molar-refractivity contribution >= 4 is 23.2 Å². The van der Waals surface area contributed by atoms with E-state index in [0.717, 1.165) is 37.6 Å². The number of pyridine rings is 2. The lowest BCUT2D eigenvalue weighted by Gasteiger charge is -2.36. The van der Waals surface area contributed by atoms with Crippen LogP contribution in [0.1, 0.15) is 10.5 Å². The van der Waals surface area contributed by atoms with Crippen molar-refractivity contribution in [1.29, 1.82) is 0 Å². The molecule has 0 N–H and O–H groups in total. The number of methoxy groups -OCH3 is 1. The van der Waals surface area contributed by atoms with E-state index in [2.05, 4.69) is 24.5 Å². The van der Waals surface area contributed by atoms with Crippen LogP contribution in [0.3, 0.4) is 0 Å². The van der Waals surface area contributed by atoms with Crippen LogP contribution in [-0.4, -0.2) is 54.1 Å². The third kappa shape index (κ3) is 3.65. The van der Waals surface area contributed by atoms with Crippen molar-refractivity contribution in [3.8, 4) is 0 Å². The topological polar surface area (TPSA) is 102 Å². The van der Waals surface area contributed by atoms with Gasteiger partial charge < -0.3 is 24.7 Å². The molecule has 0 amide bonds. The Bertz CT molecular complexity index is 755. The van der Waals surface area contributed by atoms with Crippen LogP contribution in [0.25, 0.3) is 0 Å². The lowest BCUT2D eigenvalue weighted by atomic mass is 10.2. The molecule has 3 rings (SSSR count). The van der Waals surface area contributed by atoms with Gasteiger partial charge in [-0.2, -0.15) is 0 Å². The van der Waals surface area contributed by atoms with Gasteiger partial charge in [0.15, 0.2) is 6.20 Å². The highest BCUT2D eigenvalue weighted by Crippen LogP contribution is 2.21. The Kier molecular flexibility index (Phi) is 4.73. The minimum Gasteiger partial charge on any atom is -0.464 e. The van der Waals surface area contributed by atoms with Crippen LogP contribution in [0.4, 0.5) is 17.2 Å². The van der Waals surface area contributed by atoms with Crippen molar-refractivity contribution < 1.29 is 14.5 Å². The fourth-order valence-electron chi connectivity index (χ4n) is 2.69. The summed E-state index contributed by atoms with van der Waals surface area (Å²) in [4.78, 5) is 33.8. The third-order valence-corrected chi connectivity index (χ3v) is 4.07. The summed E-state index contributed by atoms with van der Waals surface area (Å²) in [6.07, 6.45) is 3.19. The molecule has 130 valence electrons. The normalized spacial score (nSPS) is 14.3. The molecule has 25 heavy (non-hydrogen) atoms. The second-order valence-electron chi connectivity index (χ2n) is 5.50. The van der Waals surface area contributed by atoms with Crippen LogP contribution >= 0.6 is 0 Å². The molecule has 2 aromatic rings. The Morgan fingerprint density at radius 1 is 1.04 bits per heavy atom. The number of carbonyl (C=O) groups is 1. The number of piperazine rings is 1. The van der Waals surface area contributed by atoms with Gasteiger partial charge in [0, 0.05) is 32.2 Å². The van der Waals surface area contributed by atoms with Gasteiger partial charge in [-0.25, -0.2) is 9.78 Å². The van der Waals surface area contributed by atoms with E-state index >= 15 is 0 Å². The van der Waals surface area contributed by atoms with Crippen LogP contribution < -0.4 is 9.80 Å². The van der Waals surface area contributed by atoms with E-state index in [-0.39, 0.29) is 11.5 Å². The molecule has 0 spiro atoms. The Balaban J connectivity index is 1.61. The summed E-state index contributed by atoms with van der Waals surface area (Å²) in [6.45, 7) is 3.07. The van der Waals surface area contributed by atoms with Gasteiger partial charge in [0.1, 0.15) is 5.69 Å². The van der Waals surface area contributed by atoms with Gasteiger partial charge in [-0.05, 0) is 28.1 Å². The quantitative estimate of drug-likeness (QED) is 0.467. The first-order chi connectivity index (χ1) is 12.1. The highest BCUT2D eigenvalue weighted by atomic mass is 16.6. The predicted octanol–water partition coefficient (Wildman–Crippen LogP) is 1.50. The maximum absolute atomic E-state index is 11.4. The van der Waals surface area contributed by atoms with Crippen LogP contribution in [-0.2, 0) is 4.74 Å². The van der Waals surface area contributed by atoms with Crippen molar-refractivity contribution in [2.75, 3.05) is 43.1 Å². The van der Waals surface area contributed by atoms with Gasteiger partial charge in [-0.3, -0.25) is 0 Å². The molecule has 9 nitrogen and oxygen atoms in total. The minimum atomic E-state index is -0.507. The summed E-state index contributed by atoms with van der Waals surface area (Å²) in [5, 5.41) is 10.7. The summed E-state index contributed by atoms with van der Waals surface area (Å²) in [7, 11) is 1.32. The number of nitro groups is 1. The number of anilines is 2. The predicted molar refractivity (Wildman–Crippen MR) is 90.9 cm³/mol. The first-order valence-corrected chi connectivity index (χ1v) is 7.73. The minimum absolute atomic E-state index is 0.154. The highest BCUT2D eigenvalue weighted by Gasteiger charge is 2.20. The Hall–Kier alpha value is -3.23. The molecule has 1 aliphatic rings. The summed E-state index contributed by atoms with van der Waals surface area (Å²) in [5.74, 6) is -0.610. The average molecular weight is 343 g/mol. The number of hydrogen-bond donors (Lipinski definition) is 0. The molecule has 0 saturated carbocycles. The van der Waals surface area contributed by atoms with Gasteiger partial charge in [0.2, 0.25) is 0 Å². The largest absolute Gasteiger partial charge is 0.464 e. The van der Waals surface area contributed by atoms with Gasteiger partial charge in [-0.1, -0.05) is 0 Å². The Labute approximate surface area is 144 Å². The molecule has 3 heterocycles. The monoisotopic (exact) mass is 343 g/mol. The standard InChI is InChI=1S/C16H17N5O4/c1-25-16(22)14-4-2-12(10-17-14)19-6-8-20(9-7-19)13-3-5-15(18-11-13)21(23)24/h2-5,10-11H,6-9H2,1H3. The summed E-state index contributed by atoms with van der Waals surface area (Å²) in [6, 6.07) is 6.63. The number of carbonyl (C=O) groups excluding carboxylic acids is 1. The number of nitrogens with zero attached hydrogens (tertiary/aromatic N) is 5. The Morgan fingerprint density at radius 2 is 1.60 bits per heavy atom. The zero-order chi connectivity index (χ0) is 17.8. The van der Waals surface area contributed by atoms with E-state index in [1.165, 1.54) is 19.4 Å². The summed E-state index contributed by atoms with van der Waals surface area (Å²) >= 11 is 0. The van der Waals surface area contributed by atoms with Crippen molar-refractivity contribution in [3.05, 3.63) is 52.5 Å². The van der Waals surface area contributed by atoms with Gasteiger partial charge >= 0.3 is 11.8 Å². The van der Waals surface area contributed by atoms with Gasteiger partial charge in [0.05, 0.1) is 24.7 Å². The molecule has 0 aromatic carbocycles. The lowest BCUT2D eigenvalue weighted by Crippen LogP contribution is -2.46. The lowest BCUT2D eigenvalue weighted by molar-refractivity contribution is -0.389. The fourth-order valence-corrected chi connectivity index (χ4v) is 2.69. The number of ether oxygens (including phenoxy) is 1. The molecular weight excluding hydrogens is 326 g/mol. The zero-order valence-electron chi connectivity index (χ0n) is 13.7. The van der Waals surface area contributed by atoms with Crippen LogP contribution in [0.15, 0.2) is 36.7 Å². The van der Waals surface area contributed by atoms with E-state index in [1.807, 2.05) is 6.07 Å². The first-order valence-electron chi connectivity index (χ1n) is 7.73. The number of hydrogen-bond acceptors (Lipinski definition) is 8. The Morgan fingerprint density at radius 3 is 2.00 bits per heavy atom. The van der Waals surface area contributed by atoms with Crippen LogP contribution in [0, 0.1) is 10.1 Å². The molecule has 0 atom stereocenters.